The molecule has 0 aliphatic carbocycles. The van der Waals surface area contributed by atoms with E-state index in [1.54, 1.807) is 12.1 Å². The van der Waals surface area contributed by atoms with Gasteiger partial charge in [0.2, 0.25) is 0 Å². The molecule has 0 saturated heterocycles. The lowest BCUT2D eigenvalue weighted by Gasteiger charge is -2.31. The molecule has 1 aromatic carbocycles. The maximum atomic E-state index is 12.2. The van der Waals surface area contributed by atoms with Gasteiger partial charge >= 0.3 is 0 Å². The fraction of sp³-hybridized carbons (Fsp3) is 0.500. The van der Waals surface area contributed by atoms with Crippen LogP contribution in [0.3, 0.4) is 0 Å². The second-order valence-corrected chi connectivity index (χ2v) is 5.02. The quantitative estimate of drug-likeness (QED) is 0.863. The molecule has 0 aliphatic rings. The molecule has 0 saturated carbocycles. The number of amides is 1. The van der Waals surface area contributed by atoms with E-state index < -0.39 is 0 Å². The summed E-state index contributed by atoms with van der Waals surface area (Å²) in [5, 5.41) is 3.63. The van der Waals surface area contributed by atoms with E-state index in [0.717, 1.165) is 18.4 Å². The zero-order valence-electron chi connectivity index (χ0n) is 11.2. The Balaban J connectivity index is 2.90. The highest BCUT2D eigenvalue weighted by molar-refractivity contribution is 6.31. The lowest BCUT2D eigenvalue weighted by Crippen LogP contribution is -2.52. The van der Waals surface area contributed by atoms with Gasteiger partial charge in [-0.15, -0.1) is 0 Å². The molecule has 100 valence electrons. The Morgan fingerprint density at radius 3 is 2.44 bits per heavy atom. The fourth-order valence-electron chi connectivity index (χ4n) is 1.81. The molecule has 0 atom stereocenters. The van der Waals surface area contributed by atoms with Crippen LogP contribution in [-0.2, 0) is 0 Å². The van der Waals surface area contributed by atoms with E-state index in [1.807, 2.05) is 26.8 Å². The first-order chi connectivity index (χ1) is 8.48. The summed E-state index contributed by atoms with van der Waals surface area (Å²) in [5.74, 6) is -0.119. The molecule has 0 unspecified atom stereocenters. The summed E-state index contributed by atoms with van der Waals surface area (Å²) in [5.41, 5.74) is 6.98. The number of halogens is 1. The van der Waals surface area contributed by atoms with Gasteiger partial charge in [0.25, 0.3) is 5.91 Å². The molecule has 4 heteroatoms. The average molecular weight is 269 g/mol. The predicted octanol–water partition coefficient (Wildman–Crippen LogP) is 2.90. The van der Waals surface area contributed by atoms with Crippen molar-refractivity contribution < 1.29 is 4.79 Å². The molecule has 0 fully saturated rings. The van der Waals surface area contributed by atoms with Crippen molar-refractivity contribution in [3.63, 3.8) is 0 Å². The van der Waals surface area contributed by atoms with Gasteiger partial charge in [-0.2, -0.15) is 0 Å². The Kier molecular flexibility index (Phi) is 5.17. The number of rotatable bonds is 5. The Hall–Kier alpha value is -1.06. The zero-order chi connectivity index (χ0) is 13.8. The number of hydrogen-bond acceptors (Lipinski definition) is 2. The van der Waals surface area contributed by atoms with Crippen molar-refractivity contribution in [3.05, 3.63) is 34.3 Å². The monoisotopic (exact) mass is 268 g/mol. The highest BCUT2D eigenvalue weighted by Gasteiger charge is 2.26. The van der Waals surface area contributed by atoms with Crippen molar-refractivity contribution in [2.45, 2.75) is 39.2 Å². The third-order valence-electron chi connectivity index (χ3n) is 3.56. The van der Waals surface area contributed by atoms with Crippen LogP contribution in [0.1, 0.15) is 42.6 Å². The molecule has 18 heavy (non-hydrogen) atoms. The Morgan fingerprint density at radius 1 is 1.39 bits per heavy atom. The van der Waals surface area contributed by atoms with Crippen molar-refractivity contribution >= 4 is 17.5 Å². The minimum atomic E-state index is -0.325. The van der Waals surface area contributed by atoms with Gasteiger partial charge < -0.3 is 11.1 Å². The summed E-state index contributed by atoms with van der Waals surface area (Å²) < 4.78 is 0. The third kappa shape index (κ3) is 3.24. The fourth-order valence-corrected chi connectivity index (χ4v) is 1.99. The first-order valence-corrected chi connectivity index (χ1v) is 6.64. The van der Waals surface area contributed by atoms with Gasteiger partial charge in [-0.1, -0.05) is 31.5 Å². The minimum absolute atomic E-state index is 0.119. The van der Waals surface area contributed by atoms with Gasteiger partial charge in [0.05, 0.1) is 5.54 Å². The largest absolute Gasteiger partial charge is 0.345 e. The first-order valence-electron chi connectivity index (χ1n) is 6.26. The maximum absolute atomic E-state index is 12.2. The van der Waals surface area contributed by atoms with Crippen LogP contribution in [0.2, 0.25) is 5.02 Å². The summed E-state index contributed by atoms with van der Waals surface area (Å²) in [6.07, 6.45) is 1.62. The summed E-state index contributed by atoms with van der Waals surface area (Å²) >= 11 is 6.03. The van der Waals surface area contributed by atoms with E-state index in [2.05, 4.69) is 5.32 Å². The zero-order valence-corrected chi connectivity index (χ0v) is 12.0. The number of carbonyl (C=O) groups is 1. The van der Waals surface area contributed by atoms with Gasteiger partial charge in [0.1, 0.15) is 0 Å². The van der Waals surface area contributed by atoms with Gasteiger partial charge in [0.15, 0.2) is 0 Å². The SMILES string of the molecule is CCC(CC)(CN)NC(=O)c1ccc(C)c(Cl)c1. The molecule has 0 radical (unpaired) electrons. The van der Waals surface area contributed by atoms with Gasteiger partial charge in [0, 0.05) is 17.1 Å². The van der Waals surface area contributed by atoms with Gasteiger partial charge in [-0.3, -0.25) is 4.79 Å². The highest BCUT2D eigenvalue weighted by atomic mass is 35.5. The second-order valence-electron chi connectivity index (χ2n) is 4.61. The molecule has 0 aliphatic heterocycles. The second kappa shape index (κ2) is 6.21. The van der Waals surface area contributed by atoms with Crippen LogP contribution in [0.15, 0.2) is 18.2 Å². The van der Waals surface area contributed by atoms with Crippen LogP contribution in [0.4, 0.5) is 0 Å². The van der Waals surface area contributed by atoms with E-state index in [1.165, 1.54) is 0 Å². The van der Waals surface area contributed by atoms with Crippen molar-refractivity contribution in [3.8, 4) is 0 Å². The number of carbonyl (C=O) groups excluding carboxylic acids is 1. The topological polar surface area (TPSA) is 55.1 Å². The van der Waals surface area contributed by atoms with Gasteiger partial charge in [-0.25, -0.2) is 0 Å². The van der Waals surface area contributed by atoms with Gasteiger partial charge in [-0.05, 0) is 37.5 Å². The highest BCUT2D eigenvalue weighted by Crippen LogP contribution is 2.19. The van der Waals surface area contributed by atoms with E-state index >= 15 is 0 Å². The number of hydrogen-bond donors (Lipinski definition) is 2. The molecular formula is C14H21ClN2O. The number of nitrogens with two attached hydrogens (primary N) is 1. The molecule has 1 aromatic rings. The molecule has 0 heterocycles. The van der Waals surface area contributed by atoms with E-state index in [-0.39, 0.29) is 11.4 Å². The molecular weight excluding hydrogens is 248 g/mol. The standard InChI is InChI=1S/C14H21ClN2O/c1-4-14(5-2,9-16)17-13(18)11-7-6-10(3)12(15)8-11/h6-8H,4-5,9,16H2,1-3H3,(H,17,18). The molecule has 1 amide bonds. The molecule has 3 nitrogen and oxygen atoms in total. The average Bonchev–Trinajstić information content (AvgIpc) is 2.39. The summed E-state index contributed by atoms with van der Waals surface area (Å²) in [4.78, 5) is 12.2. The summed E-state index contributed by atoms with van der Waals surface area (Å²) in [6.45, 7) is 6.40. The van der Waals surface area contributed by atoms with Crippen LogP contribution in [0, 0.1) is 6.92 Å². The number of nitrogens with one attached hydrogen (secondary N) is 1. The first kappa shape index (κ1) is 15.0. The maximum Gasteiger partial charge on any atom is 0.251 e. The Labute approximate surface area is 114 Å². The molecule has 1 rings (SSSR count). The third-order valence-corrected chi connectivity index (χ3v) is 3.96. The van der Waals surface area contributed by atoms with Crippen molar-refractivity contribution in [2.75, 3.05) is 6.54 Å². The Bertz CT molecular complexity index is 420. The van der Waals surface area contributed by atoms with Crippen LogP contribution < -0.4 is 11.1 Å². The molecule has 0 aromatic heterocycles. The Morgan fingerprint density at radius 2 is 2.00 bits per heavy atom. The van der Waals surface area contributed by atoms with Crippen LogP contribution in [-0.4, -0.2) is 18.0 Å². The molecule has 0 bridgehead atoms. The lowest BCUT2D eigenvalue weighted by molar-refractivity contribution is 0.0895. The summed E-state index contributed by atoms with van der Waals surface area (Å²) in [6, 6.07) is 5.32. The van der Waals surface area contributed by atoms with E-state index in [4.69, 9.17) is 17.3 Å². The number of aryl methyl sites for hydroxylation is 1. The smallest absolute Gasteiger partial charge is 0.251 e. The van der Waals surface area contributed by atoms with Crippen molar-refractivity contribution in [2.24, 2.45) is 5.73 Å². The van der Waals surface area contributed by atoms with Crippen molar-refractivity contribution in [1.82, 2.24) is 5.32 Å². The number of benzene rings is 1. The minimum Gasteiger partial charge on any atom is -0.345 e. The van der Waals surface area contributed by atoms with E-state index in [0.29, 0.717) is 17.1 Å². The van der Waals surface area contributed by atoms with Crippen LogP contribution in [0.5, 0.6) is 0 Å². The normalized spacial score (nSPS) is 11.4. The summed E-state index contributed by atoms with van der Waals surface area (Å²) in [7, 11) is 0. The lowest BCUT2D eigenvalue weighted by atomic mass is 9.92. The molecule has 3 N–H and O–H groups in total. The van der Waals surface area contributed by atoms with Crippen LogP contribution in [0.25, 0.3) is 0 Å². The van der Waals surface area contributed by atoms with Crippen molar-refractivity contribution in [1.29, 1.82) is 0 Å². The molecule has 0 spiro atoms. The van der Waals surface area contributed by atoms with E-state index in [9.17, 15) is 4.79 Å². The predicted molar refractivity (Wildman–Crippen MR) is 76.0 cm³/mol. The van der Waals surface area contributed by atoms with Crippen LogP contribution >= 0.6 is 11.6 Å².